The maximum Gasteiger partial charge on any atom is 0.320 e. The average Bonchev–Trinajstić information content (AvgIpc) is 3.34. The van der Waals surface area contributed by atoms with Crippen LogP contribution in [0.4, 0.5) is 4.79 Å². The highest BCUT2D eigenvalue weighted by Gasteiger charge is 2.26. The summed E-state index contributed by atoms with van der Waals surface area (Å²) in [5.74, 6) is 1.29. The Kier molecular flexibility index (Phi) is 4.98. The number of amides is 2. The number of carbonyl (C=O) groups excluding carboxylic acids is 1. The standard InChI is InChI=1S/C17H23N5O2S/c23-17(21-6-2-1-3-7-21)22-10-8-20(9-11-22)13-15-18-16(19-24-15)14-5-4-12-25-14/h4-5,12H,1-3,6-11,13H2. The molecule has 2 aromatic heterocycles. The molecule has 2 fully saturated rings. The maximum absolute atomic E-state index is 12.5. The monoisotopic (exact) mass is 361 g/mol. The van der Waals surface area contributed by atoms with E-state index in [2.05, 4.69) is 15.0 Å². The van der Waals surface area contributed by atoms with Crippen molar-refractivity contribution in [2.75, 3.05) is 39.3 Å². The van der Waals surface area contributed by atoms with E-state index in [0.717, 1.165) is 57.0 Å². The second-order valence-corrected chi connectivity index (χ2v) is 7.53. The maximum atomic E-state index is 12.5. The van der Waals surface area contributed by atoms with E-state index in [-0.39, 0.29) is 6.03 Å². The molecule has 0 N–H and O–H groups in total. The fraction of sp³-hybridized carbons (Fsp3) is 0.588. The Balaban J connectivity index is 1.28. The summed E-state index contributed by atoms with van der Waals surface area (Å²) in [7, 11) is 0. The number of piperazine rings is 1. The first-order valence-electron chi connectivity index (χ1n) is 8.92. The molecule has 0 unspecified atom stereocenters. The lowest BCUT2D eigenvalue weighted by atomic mass is 10.1. The van der Waals surface area contributed by atoms with Crippen LogP contribution in [0.15, 0.2) is 22.0 Å². The lowest BCUT2D eigenvalue weighted by molar-refractivity contribution is 0.0998. The molecule has 7 nitrogen and oxygen atoms in total. The van der Waals surface area contributed by atoms with Gasteiger partial charge in [-0.05, 0) is 30.7 Å². The van der Waals surface area contributed by atoms with Crippen molar-refractivity contribution in [3.05, 3.63) is 23.4 Å². The Bertz CT molecular complexity index is 688. The SMILES string of the molecule is O=C(N1CCCCC1)N1CCN(Cc2nc(-c3cccs3)no2)CC1. The minimum atomic E-state index is 0.206. The molecule has 25 heavy (non-hydrogen) atoms. The van der Waals surface area contributed by atoms with Gasteiger partial charge in [0.2, 0.25) is 11.7 Å². The van der Waals surface area contributed by atoms with Gasteiger partial charge in [0, 0.05) is 39.3 Å². The molecule has 0 aliphatic carbocycles. The summed E-state index contributed by atoms with van der Waals surface area (Å²) in [6.45, 7) is 5.68. The molecule has 0 aromatic carbocycles. The summed E-state index contributed by atoms with van der Waals surface area (Å²) in [6.07, 6.45) is 3.51. The molecule has 2 aliphatic heterocycles. The van der Waals surface area contributed by atoms with Gasteiger partial charge in [0.15, 0.2) is 0 Å². The van der Waals surface area contributed by atoms with E-state index in [1.165, 1.54) is 6.42 Å². The zero-order valence-corrected chi connectivity index (χ0v) is 15.1. The van der Waals surface area contributed by atoms with Gasteiger partial charge in [0.25, 0.3) is 0 Å². The second kappa shape index (κ2) is 7.53. The smallest absolute Gasteiger partial charge is 0.320 e. The Labute approximate surface area is 151 Å². The lowest BCUT2D eigenvalue weighted by Gasteiger charge is -2.38. The van der Waals surface area contributed by atoms with E-state index in [1.807, 2.05) is 27.3 Å². The quantitative estimate of drug-likeness (QED) is 0.840. The number of nitrogens with zero attached hydrogens (tertiary/aromatic N) is 5. The van der Waals surface area contributed by atoms with Gasteiger partial charge in [0.05, 0.1) is 11.4 Å². The number of piperidine rings is 1. The third-order valence-electron chi connectivity index (χ3n) is 4.84. The molecule has 4 heterocycles. The summed E-state index contributed by atoms with van der Waals surface area (Å²) in [5.41, 5.74) is 0. The van der Waals surface area contributed by atoms with Crippen LogP contribution in [-0.4, -0.2) is 70.1 Å². The number of urea groups is 1. The van der Waals surface area contributed by atoms with Crippen molar-refractivity contribution in [3.8, 4) is 10.7 Å². The molecule has 2 aromatic rings. The van der Waals surface area contributed by atoms with Crippen LogP contribution < -0.4 is 0 Å². The Morgan fingerprint density at radius 3 is 2.56 bits per heavy atom. The van der Waals surface area contributed by atoms with Crippen LogP contribution in [0.25, 0.3) is 10.7 Å². The highest BCUT2D eigenvalue weighted by molar-refractivity contribution is 7.13. The van der Waals surface area contributed by atoms with E-state index in [4.69, 9.17) is 4.52 Å². The molecule has 0 saturated carbocycles. The van der Waals surface area contributed by atoms with Crippen molar-refractivity contribution < 1.29 is 9.32 Å². The van der Waals surface area contributed by atoms with Gasteiger partial charge >= 0.3 is 6.03 Å². The molecule has 0 bridgehead atoms. The molecule has 2 saturated heterocycles. The van der Waals surface area contributed by atoms with Crippen molar-refractivity contribution in [1.29, 1.82) is 0 Å². The van der Waals surface area contributed by atoms with E-state index in [1.54, 1.807) is 11.3 Å². The minimum absolute atomic E-state index is 0.206. The topological polar surface area (TPSA) is 65.7 Å². The summed E-state index contributed by atoms with van der Waals surface area (Å²) in [6, 6.07) is 4.18. The number of likely N-dealkylation sites (tertiary alicyclic amines) is 1. The third kappa shape index (κ3) is 3.85. The lowest BCUT2D eigenvalue weighted by Crippen LogP contribution is -2.53. The van der Waals surface area contributed by atoms with E-state index >= 15 is 0 Å². The van der Waals surface area contributed by atoms with Gasteiger partial charge in [-0.2, -0.15) is 4.98 Å². The van der Waals surface area contributed by atoms with Crippen LogP contribution in [0, 0.1) is 0 Å². The van der Waals surface area contributed by atoms with Crippen molar-refractivity contribution in [2.45, 2.75) is 25.8 Å². The minimum Gasteiger partial charge on any atom is -0.338 e. The summed E-state index contributed by atoms with van der Waals surface area (Å²) >= 11 is 1.60. The largest absolute Gasteiger partial charge is 0.338 e. The fourth-order valence-corrected chi connectivity index (χ4v) is 4.05. The number of carbonyl (C=O) groups is 1. The molecule has 0 spiro atoms. The molecule has 2 aliphatic rings. The Hall–Kier alpha value is -1.93. The summed E-state index contributed by atoms with van der Waals surface area (Å²) in [4.78, 5) is 24.3. The first kappa shape index (κ1) is 16.5. The van der Waals surface area contributed by atoms with E-state index in [9.17, 15) is 4.79 Å². The first-order valence-corrected chi connectivity index (χ1v) is 9.80. The molecule has 2 amide bonds. The molecular weight excluding hydrogens is 338 g/mol. The van der Waals surface area contributed by atoms with Crippen LogP contribution in [-0.2, 0) is 6.54 Å². The van der Waals surface area contributed by atoms with Crippen LogP contribution in [0.3, 0.4) is 0 Å². The molecular formula is C17H23N5O2S. The number of hydrogen-bond acceptors (Lipinski definition) is 6. The molecule has 8 heteroatoms. The van der Waals surface area contributed by atoms with Gasteiger partial charge in [-0.3, -0.25) is 4.90 Å². The number of aromatic nitrogens is 2. The van der Waals surface area contributed by atoms with Crippen LogP contribution in [0.5, 0.6) is 0 Å². The van der Waals surface area contributed by atoms with Gasteiger partial charge in [-0.1, -0.05) is 11.2 Å². The second-order valence-electron chi connectivity index (χ2n) is 6.58. The Morgan fingerprint density at radius 1 is 1.08 bits per heavy atom. The first-order chi connectivity index (χ1) is 12.3. The molecule has 0 radical (unpaired) electrons. The van der Waals surface area contributed by atoms with Crippen molar-refractivity contribution >= 4 is 17.4 Å². The van der Waals surface area contributed by atoms with Crippen LogP contribution in [0.1, 0.15) is 25.2 Å². The average molecular weight is 361 g/mol. The van der Waals surface area contributed by atoms with Gasteiger partial charge in [-0.25, -0.2) is 4.79 Å². The Morgan fingerprint density at radius 2 is 1.84 bits per heavy atom. The fourth-order valence-electron chi connectivity index (χ4n) is 3.40. The van der Waals surface area contributed by atoms with Crippen molar-refractivity contribution in [3.63, 3.8) is 0 Å². The predicted molar refractivity (Wildman–Crippen MR) is 95.3 cm³/mol. The van der Waals surface area contributed by atoms with Crippen molar-refractivity contribution in [2.24, 2.45) is 0 Å². The van der Waals surface area contributed by atoms with Crippen LogP contribution >= 0.6 is 11.3 Å². The normalized spacial score (nSPS) is 19.4. The molecule has 4 rings (SSSR count). The molecule has 0 atom stereocenters. The number of rotatable bonds is 3. The predicted octanol–water partition coefficient (Wildman–Crippen LogP) is 2.52. The highest BCUT2D eigenvalue weighted by Crippen LogP contribution is 2.22. The van der Waals surface area contributed by atoms with E-state index < -0.39 is 0 Å². The van der Waals surface area contributed by atoms with Gasteiger partial charge < -0.3 is 14.3 Å². The number of thiophene rings is 1. The summed E-state index contributed by atoms with van der Waals surface area (Å²) < 4.78 is 5.38. The molecule has 134 valence electrons. The van der Waals surface area contributed by atoms with Gasteiger partial charge in [-0.15, -0.1) is 11.3 Å². The third-order valence-corrected chi connectivity index (χ3v) is 5.70. The zero-order valence-electron chi connectivity index (χ0n) is 14.3. The van der Waals surface area contributed by atoms with Crippen molar-refractivity contribution in [1.82, 2.24) is 24.8 Å². The highest BCUT2D eigenvalue weighted by atomic mass is 32.1. The van der Waals surface area contributed by atoms with Gasteiger partial charge in [0.1, 0.15) is 0 Å². The zero-order chi connectivity index (χ0) is 17.1. The van der Waals surface area contributed by atoms with E-state index in [0.29, 0.717) is 18.3 Å². The van der Waals surface area contributed by atoms with Crippen LogP contribution in [0.2, 0.25) is 0 Å². The summed E-state index contributed by atoms with van der Waals surface area (Å²) in [5, 5.41) is 6.06. The number of hydrogen-bond donors (Lipinski definition) is 0.